The van der Waals surface area contributed by atoms with E-state index in [-0.39, 0.29) is 11.7 Å². The number of benzene rings is 1. The van der Waals surface area contributed by atoms with E-state index in [0.29, 0.717) is 5.82 Å². The number of nitrogens with two attached hydrogens (primary N) is 1. The molecule has 0 bridgehead atoms. The summed E-state index contributed by atoms with van der Waals surface area (Å²) in [4.78, 5) is 24.1. The maximum atomic E-state index is 11.2. The van der Waals surface area contributed by atoms with Crippen molar-refractivity contribution in [2.45, 2.75) is 13.0 Å². The fourth-order valence-corrected chi connectivity index (χ4v) is 3.27. The van der Waals surface area contributed by atoms with Gasteiger partial charge in [-0.2, -0.15) is 0 Å². The molecule has 0 saturated carbocycles. The minimum absolute atomic E-state index is 0.194. The van der Waals surface area contributed by atoms with Crippen LogP contribution in [0.5, 0.6) is 0 Å². The van der Waals surface area contributed by atoms with E-state index < -0.39 is 5.91 Å². The summed E-state index contributed by atoms with van der Waals surface area (Å²) in [7, 11) is 0. The van der Waals surface area contributed by atoms with Gasteiger partial charge in [0.1, 0.15) is 11.5 Å². The lowest BCUT2D eigenvalue weighted by atomic mass is 10.1. The Labute approximate surface area is 146 Å². The minimum Gasteiger partial charge on any atom is -0.364 e. The van der Waals surface area contributed by atoms with Crippen molar-refractivity contribution < 1.29 is 4.79 Å². The summed E-state index contributed by atoms with van der Waals surface area (Å²) in [6.45, 7) is 5.56. The van der Waals surface area contributed by atoms with E-state index >= 15 is 0 Å². The Hall–Kier alpha value is -2.18. The Kier molecular flexibility index (Phi) is 4.97. The van der Waals surface area contributed by atoms with Crippen molar-refractivity contribution in [2.75, 3.05) is 31.1 Å². The molecule has 1 aromatic carbocycles. The average molecular weight is 346 g/mol. The molecule has 0 unspecified atom stereocenters. The average Bonchev–Trinajstić information content (AvgIpc) is 2.62. The number of rotatable bonds is 4. The van der Waals surface area contributed by atoms with Crippen LogP contribution in [-0.2, 0) is 0 Å². The Morgan fingerprint density at radius 1 is 1.21 bits per heavy atom. The van der Waals surface area contributed by atoms with Gasteiger partial charge in [-0.1, -0.05) is 29.8 Å². The molecule has 2 aromatic rings. The van der Waals surface area contributed by atoms with Crippen molar-refractivity contribution in [2.24, 2.45) is 5.73 Å². The van der Waals surface area contributed by atoms with E-state index in [1.54, 1.807) is 6.20 Å². The number of aromatic nitrogens is 2. The molecule has 0 radical (unpaired) electrons. The van der Waals surface area contributed by atoms with E-state index in [1.165, 1.54) is 6.20 Å². The summed E-state index contributed by atoms with van der Waals surface area (Å²) in [6.07, 6.45) is 3.06. The summed E-state index contributed by atoms with van der Waals surface area (Å²) in [5.41, 5.74) is 6.61. The smallest absolute Gasteiger partial charge is 0.268 e. The zero-order valence-corrected chi connectivity index (χ0v) is 14.3. The third-order valence-corrected chi connectivity index (χ3v) is 4.76. The van der Waals surface area contributed by atoms with Crippen molar-refractivity contribution in [3.63, 3.8) is 0 Å². The second-order valence-electron chi connectivity index (χ2n) is 5.85. The molecular weight excluding hydrogens is 326 g/mol. The third-order valence-electron chi connectivity index (χ3n) is 4.42. The normalized spacial score (nSPS) is 16.8. The molecule has 3 rings (SSSR count). The highest BCUT2D eigenvalue weighted by molar-refractivity contribution is 6.31. The van der Waals surface area contributed by atoms with Gasteiger partial charge in [-0.3, -0.25) is 14.7 Å². The van der Waals surface area contributed by atoms with Gasteiger partial charge >= 0.3 is 0 Å². The van der Waals surface area contributed by atoms with Gasteiger partial charge in [-0.15, -0.1) is 0 Å². The largest absolute Gasteiger partial charge is 0.364 e. The number of hydrogen-bond donors (Lipinski definition) is 1. The molecule has 1 atom stereocenters. The van der Waals surface area contributed by atoms with E-state index in [2.05, 4.69) is 32.8 Å². The molecule has 0 aliphatic carbocycles. The van der Waals surface area contributed by atoms with Crippen LogP contribution in [0.1, 0.15) is 29.0 Å². The van der Waals surface area contributed by atoms with Gasteiger partial charge < -0.3 is 10.6 Å². The maximum Gasteiger partial charge on any atom is 0.268 e. The second kappa shape index (κ2) is 7.15. The Morgan fingerprint density at radius 2 is 1.92 bits per heavy atom. The molecule has 126 valence electrons. The lowest BCUT2D eigenvalue weighted by Gasteiger charge is -2.38. The number of primary amides is 1. The molecule has 1 aromatic heterocycles. The van der Waals surface area contributed by atoms with Gasteiger partial charge in [-0.05, 0) is 18.6 Å². The fraction of sp³-hybridized carbons (Fsp3) is 0.353. The van der Waals surface area contributed by atoms with Crippen molar-refractivity contribution in [1.29, 1.82) is 0 Å². The number of carbonyl (C=O) groups is 1. The number of amides is 1. The molecular formula is C17H20ClN5O. The molecule has 2 N–H and O–H groups in total. The van der Waals surface area contributed by atoms with Crippen LogP contribution >= 0.6 is 11.6 Å². The predicted octanol–water partition coefficient (Wildman–Crippen LogP) is 2.11. The summed E-state index contributed by atoms with van der Waals surface area (Å²) >= 11 is 6.31. The maximum absolute atomic E-state index is 11.2. The fourth-order valence-electron chi connectivity index (χ4n) is 2.98. The number of anilines is 1. The van der Waals surface area contributed by atoms with Crippen molar-refractivity contribution in [3.05, 3.63) is 52.9 Å². The van der Waals surface area contributed by atoms with Crippen LogP contribution < -0.4 is 10.6 Å². The summed E-state index contributed by atoms with van der Waals surface area (Å²) in [6, 6.07) is 8.21. The number of halogens is 1. The molecule has 6 nitrogen and oxygen atoms in total. The summed E-state index contributed by atoms with van der Waals surface area (Å²) < 4.78 is 0. The molecule has 1 amide bonds. The number of hydrogen-bond acceptors (Lipinski definition) is 5. The lowest BCUT2D eigenvalue weighted by molar-refractivity contribution is 0.0995. The van der Waals surface area contributed by atoms with Crippen molar-refractivity contribution in [3.8, 4) is 0 Å². The van der Waals surface area contributed by atoms with Gasteiger partial charge in [0, 0.05) is 37.2 Å². The molecule has 0 spiro atoms. The van der Waals surface area contributed by atoms with E-state index in [0.717, 1.165) is 36.8 Å². The predicted molar refractivity (Wildman–Crippen MR) is 94.2 cm³/mol. The molecule has 7 heteroatoms. The van der Waals surface area contributed by atoms with E-state index in [4.69, 9.17) is 17.3 Å². The monoisotopic (exact) mass is 345 g/mol. The van der Waals surface area contributed by atoms with Crippen molar-refractivity contribution >= 4 is 23.3 Å². The second-order valence-corrected chi connectivity index (χ2v) is 6.25. The van der Waals surface area contributed by atoms with Crippen LogP contribution in [-0.4, -0.2) is 47.0 Å². The SMILES string of the molecule is C[C@@H](c1ccccc1Cl)N1CCN(c2cncc(C(N)=O)n2)CC1. The first kappa shape index (κ1) is 16.7. The molecule has 1 aliphatic heterocycles. The summed E-state index contributed by atoms with van der Waals surface area (Å²) in [5, 5.41) is 0.799. The quantitative estimate of drug-likeness (QED) is 0.918. The Balaban J connectivity index is 1.67. The first-order chi connectivity index (χ1) is 11.6. The van der Waals surface area contributed by atoms with Crippen LogP contribution in [0.3, 0.4) is 0 Å². The van der Waals surface area contributed by atoms with Gasteiger partial charge in [0.05, 0.1) is 12.4 Å². The first-order valence-corrected chi connectivity index (χ1v) is 8.29. The van der Waals surface area contributed by atoms with Crippen LogP contribution in [0.4, 0.5) is 5.82 Å². The van der Waals surface area contributed by atoms with Gasteiger partial charge in [0.25, 0.3) is 5.91 Å². The van der Waals surface area contributed by atoms with Gasteiger partial charge in [0.15, 0.2) is 0 Å². The van der Waals surface area contributed by atoms with Gasteiger partial charge in [-0.25, -0.2) is 4.98 Å². The van der Waals surface area contributed by atoms with E-state index in [9.17, 15) is 4.79 Å². The first-order valence-electron chi connectivity index (χ1n) is 7.91. The Bertz CT molecular complexity index is 730. The van der Waals surface area contributed by atoms with Crippen LogP contribution in [0.15, 0.2) is 36.7 Å². The van der Waals surface area contributed by atoms with Crippen molar-refractivity contribution in [1.82, 2.24) is 14.9 Å². The highest BCUT2D eigenvalue weighted by Gasteiger charge is 2.24. The zero-order chi connectivity index (χ0) is 17.1. The molecule has 1 saturated heterocycles. The zero-order valence-electron chi connectivity index (χ0n) is 13.5. The van der Waals surface area contributed by atoms with Crippen LogP contribution in [0.25, 0.3) is 0 Å². The lowest BCUT2D eigenvalue weighted by Crippen LogP contribution is -2.47. The molecule has 2 heterocycles. The molecule has 1 fully saturated rings. The third kappa shape index (κ3) is 3.49. The standard InChI is InChI=1S/C17H20ClN5O/c1-12(13-4-2-3-5-14(13)18)22-6-8-23(9-7-22)16-11-20-10-15(21-16)17(19)24/h2-5,10-12H,6-9H2,1H3,(H2,19,24)/t12-/m0/s1. The summed E-state index contributed by atoms with van der Waals surface area (Å²) in [5.74, 6) is 0.131. The van der Waals surface area contributed by atoms with Crippen LogP contribution in [0, 0.1) is 0 Å². The highest BCUT2D eigenvalue weighted by Crippen LogP contribution is 2.28. The van der Waals surface area contributed by atoms with Gasteiger partial charge in [0.2, 0.25) is 0 Å². The highest BCUT2D eigenvalue weighted by atomic mass is 35.5. The van der Waals surface area contributed by atoms with E-state index in [1.807, 2.05) is 18.2 Å². The number of carbonyl (C=O) groups excluding carboxylic acids is 1. The molecule has 24 heavy (non-hydrogen) atoms. The number of piperazine rings is 1. The molecule has 1 aliphatic rings. The Morgan fingerprint density at radius 3 is 2.58 bits per heavy atom. The minimum atomic E-state index is -0.560. The topological polar surface area (TPSA) is 75.3 Å². The number of nitrogens with zero attached hydrogens (tertiary/aromatic N) is 4. The van der Waals surface area contributed by atoms with Crippen LogP contribution in [0.2, 0.25) is 5.02 Å².